The summed E-state index contributed by atoms with van der Waals surface area (Å²) in [6, 6.07) is 17.5. The van der Waals surface area contributed by atoms with Crippen LogP contribution in [0.2, 0.25) is 0 Å². The van der Waals surface area contributed by atoms with Crippen molar-refractivity contribution in [3.05, 3.63) is 71.2 Å². The number of nitrogens with zero attached hydrogens (tertiary/aromatic N) is 1. The molecule has 3 aromatic rings. The molecule has 4 nitrogen and oxygen atoms in total. The normalized spacial score (nSPS) is 11.7. The summed E-state index contributed by atoms with van der Waals surface area (Å²) in [6.45, 7) is 2.36. The molecular weight excluding hydrogens is 364 g/mol. The van der Waals surface area contributed by atoms with Crippen LogP contribution in [-0.4, -0.2) is 16.6 Å². The van der Waals surface area contributed by atoms with Crippen LogP contribution in [0.25, 0.3) is 0 Å². The van der Waals surface area contributed by atoms with Crippen LogP contribution in [0.5, 0.6) is 5.75 Å². The maximum Gasteiger partial charge on any atom is 0.228 e. The number of thiazole rings is 1. The van der Waals surface area contributed by atoms with Gasteiger partial charge < -0.3 is 10.1 Å². The maximum atomic E-state index is 12.4. The summed E-state index contributed by atoms with van der Waals surface area (Å²) in [6.07, 6.45) is 0. The van der Waals surface area contributed by atoms with Gasteiger partial charge in [-0.05, 0) is 24.3 Å². The zero-order valence-corrected chi connectivity index (χ0v) is 16.1. The average molecular weight is 385 g/mol. The second-order valence-corrected chi connectivity index (χ2v) is 7.62. The average Bonchev–Trinajstić information content (AvgIpc) is 3.19. The van der Waals surface area contributed by atoms with Crippen molar-refractivity contribution < 1.29 is 9.53 Å². The molecule has 1 heterocycles. The number of anilines is 1. The van der Waals surface area contributed by atoms with Crippen LogP contribution in [0.15, 0.2) is 70.4 Å². The third-order valence-electron chi connectivity index (χ3n) is 3.66. The smallest absolute Gasteiger partial charge is 0.228 e. The summed E-state index contributed by atoms with van der Waals surface area (Å²) in [5, 5.41) is 4.92. The van der Waals surface area contributed by atoms with Gasteiger partial charge in [-0.15, -0.1) is 23.1 Å². The minimum Gasteiger partial charge on any atom is -0.487 e. The summed E-state index contributed by atoms with van der Waals surface area (Å²) in [7, 11) is 0. The van der Waals surface area contributed by atoms with Crippen molar-refractivity contribution >= 4 is 34.7 Å². The molecule has 0 aliphatic heterocycles. The standard InChI is InChI=1S/C20H20N2O2S2/c1-15(12-26-19-8-3-2-4-9-19)20(23)22-16-6-5-7-18(10-16)24-11-17-13-25-14-21-17/h2-10,13-15H,11-12H2,1H3,(H,22,23). The van der Waals surface area contributed by atoms with E-state index in [0.29, 0.717) is 12.4 Å². The van der Waals surface area contributed by atoms with Crippen LogP contribution < -0.4 is 10.1 Å². The third-order valence-corrected chi connectivity index (χ3v) is 5.57. The molecule has 0 radical (unpaired) electrons. The maximum absolute atomic E-state index is 12.4. The Hall–Kier alpha value is -2.31. The molecule has 0 aliphatic rings. The topological polar surface area (TPSA) is 51.2 Å². The minimum absolute atomic E-state index is 0.00471. The summed E-state index contributed by atoms with van der Waals surface area (Å²) in [5.41, 5.74) is 3.42. The Morgan fingerprint density at radius 2 is 2.08 bits per heavy atom. The fraction of sp³-hybridized carbons (Fsp3) is 0.200. The molecule has 0 spiro atoms. The zero-order valence-electron chi connectivity index (χ0n) is 14.4. The Kier molecular flexibility index (Phi) is 6.68. The molecule has 1 unspecified atom stereocenters. The number of thioether (sulfide) groups is 1. The molecule has 0 saturated heterocycles. The van der Waals surface area contributed by atoms with E-state index in [2.05, 4.69) is 22.4 Å². The molecule has 1 aromatic heterocycles. The molecule has 3 rings (SSSR count). The van der Waals surface area contributed by atoms with E-state index in [9.17, 15) is 4.79 Å². The number of hydrogen-bond donors (Lipinski definition) is 1. The number of rotatable bonds is 8. The first-order valence-electron chi connectivity index (χ1n) is 8.29. The predicted molar refractivity (Wildman–Crippen MR) is 108 cm³/mol. The fourth-order valence-electron chi connectivity index (χ4n) is 2.21. The third kappa shape index (κ3) is 5.61. The number of benzene rings is 2. The highest BCUT2D eigenvalue weighted by Crippen LogP contribution is 2.22. The lowest BCUT2D eigenvalue weighted by Crippen LogP contribution is -2.22. The van der Waals surface area contributed by atoms with Crippen LogP contribution in [0.4, 0.5) is 5.69 Å². The van der Waals surface area contributed by atoms with Gasteiger partial charge in [0.1, 0.15) is 12.4 Å². The zero-order chi connectivity index (χ0) is 18.2. The molecule has 0 bridgehead atoms. The molecular formula is C20H20N2O2S2. The molecule has 26 heavy (non-hydrogen) atoms. The summed E-state index contributed by atoms with van der Waals surface area (Å²) < 4.78 is 5.73. The van der Waals surface area contributed by atoms with E-state index in [0.717, 1.165) is 17.1 Å². The van der Waals surface area contributed by atoms with Gasteiger partial charge in [0.05, 0.1) is 11.2 Å². The first-order chi connectivity index (χ1) is 12.7. The van der Waals surface area contributed by atoms with Gasteiger partial charge in [-0.25, -0.2) is 4.98 Å². The Bertz CT molecular complexity index is 823. The van der Waals surface area contributed by atoms with Crippen LogP contribution >= 0.6 is 23.1 Å². The van der Waals surface area contributed by atoms with Gasteiger partial charge >= 0.3 is 0 Å². The number of aromatic nitrogens is 1. The highest BCUT2D eigenvalue weighted by atomic mass is 32.2. The second-order valence-electron chi connectivity index (χ2n) is 5.81. The van der Waals surface area contributed by atoms with Crippen molar-refractivity contribution in [2.45, 2.75) is 18.4 Å². The van der Waals surface area contributed by atoms with Gasteiger partial charge in [0.25, 0.3) is 0 Å². The molecule has 1 N–H and O–H groups in total. The Morgan fingerprint density at radius 3 is 2.85 bits per heavy atom. The first kappa shape index (κ1) is 18.5. The Labute approximate surface area is 161 Å². The van der Waals surface area contributed by atoms with E-state index >= 15 is 0 Å². The number of carbonyl (C=O) groups is 1. The minimum atomic E-state index is -0.0974. The Morgan fingerprint density at radius 1 is 1.23 bits per heavy atom. The SMILES string of the molecule is CC(CSc1ccccc1)C(=O)Nc1cccc(OCc2cscn2)c1. The van der Waals surface area contributed by atoms with Gasteiger partial charge in [-0.1, -0.05) is 31.2 Å². The van der Waals surface area contributed by atoms with Crippen molar-refractivity contribution in [2.24, 2.45) is 5.92 Å². The van der Waals surface area contributed by atoms with Gasteiger partial charge in [0, 0.05) is 33.7 Å². The number of amides is 1. The molecule has 0 fully saturated rings. The highest BCUT2D eigenvalue weighted by molar-refractivity contribution is 7.99. The quantitative estimate of drug-likeness (QED) is 0.550. The molecule has 0 saturated carbocycles. The van der Waals surface area contributed by atoms with Crippen molar-refractivity contribution in [2.75, 3.05) is 11.1 Å². The molecule has 0 aliphatic carbocycles. The Balaban J connectivity index is 1.50. The largest absolute Gasteiger partial charge is 0.487 e. The molecule has 134 valence electrons. The van der Waals surface area contributed by atoms with Crippen molar-refractivity contribution in [3.8, 4) is 5.75 Å². The number of hydrogen-bond acceptors (Lipinski definition) is 5. The highest BCUT2D eigenvalue weighted by Gasteiger charge is 2.14. The van der Waals surface area contributed by atoms with Gasteiger partial charge in [0.2, 0.25) is 5.91 Å². The van der Waals surface area contributed by atoms with E-state index < -0.39 is 0 Å². The van der Waals surface area contributed by atoms with E-state index in [1.807, 2.05) is 54.8 Å². The van der Waals surface area contributed by atoms with Crippen molar-refractivity contribution in [1.82, 2.24) is 4.98 Å². The summed E-state index contributed by atoms with van der Waals surface area (Å²) >= 11 is 3.23. The van der Waals surface area contributed by atoms with Crippen LogP contribution in [0.1, 0.15) is 12.6 Å². The van der Waals surface area contributed by atoms with E-state index in [-0.39, 0.29) is 11.8 Å². The van der Waals surface area contributed by atoms with Gasteiger partial charge in [-0.2, -0.15) is 0 Å². The van der Waals surface area contributed by atoms with Gasteiger partial charge in [-0.3, -0.25) is 4.79 Å². The van der Waals surface area contributed by atoms with E-state index in [1.165, 1.54) is 4.90 Å². The summed E-state index contributed by atoms with van der Waals surface area (Å²) in [5.74, 6) is 1.35. The monoisotopic (exact) mass is 384 g/mol. The lowest BCUT2D eigenvalue weighted by molar-refractivity contribution is -0.118. The second kappa shape index (κ2) is 9.40. The molecule has 2 aromatic carbocycles. The number of carbonyl (C=O) groups excluding carboxylic acids is 1. The van der Waals surface area contributed by atoms with E-state index in [1.54, 1.807) is 28.6 Å². The first-order valence-corrected chi connectivity index (χ1v) is 10.2. The van der Waals surface area contributed by atoms with Crippen molar-refractivity contribution in [3.63, 3.8) is 0 Å². The van der Waals surface area contributed by atoms with Crippen LogP contribution in [-0.2, 0) is 11.4 Å². The molecule has 1 amide bonds. The predicted octanol–water partition coefficient (Wildman–Crippen LogP) is 5.09. The molecule has 6 heteroatoms. The lowest BCUT2D eigenvalue weighted by atomic mass is 10.2. The number of nitrogens with one attached hydrogen (secondary N) is 1. The summed E-state index contributed by atoms with van der Waals surface area (Å²) in [4.78, 5) is 17.8. The van der Waals surface area contributed by atoms with Crippen LogP contribution in [0, 0.1) is 5.92 Å². The van der Waals surface area contributed by atoms with Crippen molar-refractivity contribution in [1.29, 1.82) is 0 Å². The fourth-order valence-corrected chi connectivity index (χ4v) is 3.70. The number of ether oxygens (including phenoxy) is 1. The van der Waals surface area contributed by atoms with E-state index in [4.69, 9.17) is 4.74 Å². The molecule has 1 atom stereocenters. The van der Waals surface area contributed by atoms with Crippen LogP contribution in [0.3, 0.4) is 0 Å². The van der Waals surface area contributed by atoms with Gasteiger partial charge in [0.15, 0.2) is 0 Å². The lowest BCUT2D eigenvalue weighted by Gasteiger charge is -2.13.